The fourth-order valence-corrected chi connectivity index (χ4v) is 0.546. The van der Waals surface area contributed by atoms with E-state index in [-0.39, 0.29) is 11.5 Å². The fourth-order valence-electron chi connectivity index (χ4n) is 0.177. The van der Waals surface area contributed by atoms with E-state index >= 15 is 0 Å². The van der Waals surface area contributed by atoms with Gasteiger partial charge in [0.25, 0.3) is 0 Å². The lowest BCUT2D eigenvalue weighted by Crippen LogP contribution is -1.86. The molecule has 0 N–H and O–H groups in total. The van der Waals surface area contributed by atoms with Crippen LogP contribution in [0.4, 0.5) is 4.39 Å². The van der Waals surface area contributed by atoms with E-state index in [0.29, 0.717) is 0 Å². The van der Waals surface area contributed by atoms with Gasteiger partial charge in [-0.2, -0.15) is 0 Å². The van der Waals surface area contributed by atoms with Crippen LogP contribution in [0.25, 0.3) is 0 Å². The van der Waals surface area contributed by atoms with Crippen molar-refractivity contribution < 1.29 is 9.18 Å². The molecular formula is C4H3Cl2FO. The Balaban J connectivity index is 3.56. The van der Waals surface area contributed by atoms with Crippen LogP contribution in [0, 0.1) is 0 Å². The van der Waals surface area contributed by atoms with Gasteiger partial charge in [-0.05, 0) is 0 Å². The number of hydrogen-bond donors (Lipinski definition) is 0. The maximum absolute atomic E-state index is 11.6. The summed E-state index contributed by atoms with van der Waals surface area (Å²) in [4.78, 5) is 9.52. The largest absolute Gasteiger partial charge is 0.232 e. The second-order valence-electron chi connectivity index (χ2n) is 1.10. The van der Waals surface area contributed by atoms with Crippen molar-refractivity contribution in [1.29, 1.82) is 0 Å². The third kappa shape index (κ3) is 4.13. The van der Waals surface area contributed by atoms with Crippen LogP contribution in [0.5, 0.6) is 0 Å². The molecule has 0 aromatic rings. The van der Waals surface area contributed by atoms with Crippen LogP contribution < -0.4 is 0 Å². The summed E-state index contributed by atoms with van der Waals surface area (Å²) in [6.07, 6.45) is -0.257. The molecule has 0 spiro atoms. The lowest BCUT2D eigenvalue weighted by atomic mass is 10.5. The van der Waals surface area contributed by atoms with Gasteiger partial charge < -0.3 is 0 Å². The van der Waals surface area contributed by atoms with Gasteiger partial charge in [0.05, 0.1) is 0 Å². The molecule has 1 nitrogen and oxygen atoms in total. The third-order valence-corrected chi connectivity index (χ3v) is 0.830. The maximum atomic E-state index is 11.6. The zero-order chi connectivity index (χ0) is 6.57. The Morgan fingerprint density at radius 1 is 1.88 bits per heavy atom. The van der Waals surface area contributed by atoms with Gasteiger partial charge in [0.15, 0.2) is 5.63 Å². The molecule has 1 atom stereocenters. The van der Waals surface area contributed by atoms with Crippen molar-refractivity contribution in [3.63, 3.8) is 0 Å². The van der Waals surface area contributed by atoms with Crippen LogP contribution >= 0.6 is 23.2 Å². The van der Waals surface area contributed by atoms with Gasteiger partial charge in [0, 0.05) is 6.42 Å². The van der Waals surface area contributed by atoms with E-state index in [1.54, 1.807) is 0 Å². The first-order valence-electron chi connectivity index (χ1n) is 1.84. The molecule has 0 radical (unpaired) electrons. The zero-order valence-corrected chi connectivity index (χ0v) is 5.34. The normalized spacial score (nSPS) is 12.4. The lowest BCUT2D eigenvalue weighted by molar-refractivity contribution is 0.445. The molecule has 46 valence electrons. The summed E-state index contributed by atoms with van der Waals surface area (Å²) in [5.41, 5.74) is -1.58. The fraction of sp³-hybridized carbons (Fsp3) is 0.500. The summed E-state index contributed by atoms with van der Waals surface area (Å²) in [5.74, 6) is 1.30. The summed E-state index contributed by atoms with van der Waals surface area (Å²) in [6, 6.07) is 0. The van der Waals surface area contributed by atoms with E-state index in [1.165, 1.54) is 5.94 Å². The first-order chi connectivity index (χ1) is 3.66. The second kappa shape index (κ2) is 3.90. The number of halogens is 3. The minimum absolute atomic E-state index is 0.215. The standard InChI is InChI=1S/C4H3Cl2FO/c5-3(2-8)1-4(6)7/h4H,1H2. The molecule has 1 unspecified atom stereocenters. The molecule has 0 fully saturated rings. The maximum Gasteiger partial charge on any atom is 0.179 e. The highest BCUT2D eigenvalue weighted by atomic mass is 35.5. The van der Waals surface area contributed by atoms with Crippen molar-refractivity contribution in [3.05, 3.63) is 5.03 Å². The minimum atomic E-state index is -1.58. The average molecular weight is 157 g/mol. The molecule has 8 heavy (non-hydrogen) atoms. The van der Waals surface area contributed by atoms with Gasteiger partial charge in [-0.3, -0.25) is 0 Å². The number of alkyl halides is 2. The van der Waals surface area contributed by atoms with Gasteiger partial charge in [0.2, 0.25) is 0 Å². The second-order valence-corrected chi connectivity index (χ2v) is 2.03. The highest BCUT2D eigenvalue weighted by Gasteiger charge is 2.02. The van der Waals surface area contributed by atoms with Gasteiger partial charge in [0.1, 0.15) is 11.0 Å². The summed E-state index contributed by atoms with van der Waals surface area (Å²) in [7, 11) is 0. The van der Waals surface area contributed by atoms with E-state index in [4.69, 9.17) is 23.2 Å². The molecular weight excluding hydrogens is 154 g/mol. The van der Waals surface area contributed by atoms with E-state index in [2.05, 4.69) is 0 Å². The van der Waals surface area contributed by atoms with Crippen LogP contribution in [0.2, 0.25) is 0 Å². The monoisotopic (exact) mass is 156 g/mol. The predicted molar refractivity (Wildman–Crippen MR) is 30.4 cm³/mol. The first-order valence-corrected chi connectivity index (χ1v) is 2.66. The third-order valence-electron chi connectivity index (χ3n) is 0.444. The van der Waals surface area contributed by atoms with Crippen LogP contribution in [-0.2, 0) is 4.79 Å². The van der Waals surface area contributed by atoms with Gasteiger partial charge in [-0.25, -0.2) is 9.18 Å². The van der Waals surface area contributed by atoms with Crippen LogP contribution in [-0.4, -0.2) is 11.6 Å². The van der Waals surface area contributed by atoms with Crippen LogP contribution in [0.15, 0.2) is 5.03 Å². The Labute approximate surface area is 56.1 Å². The number of carbonyl (C=O) groups excluding carboxylic acids is 1. The molecule has 0 aliphatic heterocycles. The Hall–Kier alpha value is -0.0400. The molecule has 4 heteroatoms. The number of hydrogen-bond acceptors (Lipinski definition) is 1. The van der Waals surface area contributed by atoms with Crippen molar-refractivity contribution in [1.82, 2.24) is 0 Å². The van der Waals surface area contributed by atoms with E-state index in [9.17, 15) is 9.18 Å². The molecule has 0 saturated carbocycles. The Morgan fingerprint density at radius 2 is 2.38 bits per heavy atom. The highest BCUT2D eigenvalue weighted by Crippen LogP contribution is 2.11. The summed E-state index contributed by atoms with van der Waals surface area (Å²) < 4.78 is 11.6. The molecule has 0 aliphatic rings. The number of rotatable bonds is 2. The molecule has 0 rings (SSSR count). The van der Waals surface area contributed by atoms with Crippen LogP contribution in [0.3, 0.4) is 0 Å². The quantitative estimate of drug-likeness (QED) is 0.441. The Morgan fingerprint density at radius 3 is 2.50 bits per heavy atom. The summed E-state index contributed by atoms with van der Waals surface area (Å²) in [6.45, 7) is 0. The lowest BCUT2D eigenvalue weighted by Gasteiger charge is -1.90. The van der Waals surface area contributed by atoms with Crippen molar-refractivity contribution in [2.24, 2.45) is 0 Å². The van der Waals surface area contributed by atoms with Crippen molar-refractivity contribution in [2.45, 2.75) is 12.1 Å². The van der Waals surface area contributed by atoms with Crippen molar-refractivity contribution >= 4 is 29.1 Å². The molecule has 0 aliphatic carbocycles. The molecule has 0 bridgehead atoms. The van der Waals surface area contributed by atoms with E-state index in [1.807, 2.05) is 0 Å². The van der Waals surface area contributed by atoms with Crippen molar-refractivity contribution in [3.8, 4) is 0 Å². The molecule has 0 heterocycles. The zero-order valence-electron chi connectivity index (χ0n) is 3.83. The van der Waals surface area contributed by atoms with Gasteiger partial charge >= 0.3 is 0 Å². The van der Waals surface area contributed by atoms with E-state index in [0.717, 1.165) is 0 Å². The van der Waals surface area contributed by atoms with Crippen molar-refractivity contribution in [2.75, 3.05) is 0 Å². The Kier molecular flexibility index (Phi) is 3.88. The summed E-state index contributed by atoms with van der Waals surface area (Å²) >= 11 is 9.83. The molecule has 0 aromatic heterocycles. The van der Waals surface area contributed by atoms with Crippen LogP contribution in [0.1, 0.15) is 6.42 Å². The SMILES string of the molecule is O=C=C(Cl)CC(F)Cl. The Bertz CT molecular complexity index is 117. The number of allylic oxidation sites excluding steroid dienone is 1. The van der Waals surface area contributed by atoms with Gasteiger partial charge in [-0.1, -0.05) is 23.2 Å². The first kappa shape index (κ1) is 7.96. The molecule has 0 aromatic carbocycles. The highest BCUT2D eigenvalue weighted by molar-refractivity contribution is 6.33. The smallest absolute Gasteiger partial charge is 0.179 e. The average Bonchev–Trinajstić information content (AvgIpc) is 1.65. The van der Waals surface area contributed by atoms with E-state index < -0.39 is 5.63 Å². The summed E-state index contributed by atoms with van der Waals surface area (Å²) in [5, 5.41) is -0.215. The van der Waals surface area contributed by atoms with Gasteiger partial charge in [-0.15, -0.1) is 0 Å². The minimum Gasteiger partial charge on any atom is -0.232 e. The molecule has 0 amide bonds. The molecule has 0 saturated heterocycles. The topological polar surface area (TPSA) is 17.1 Å². The predicted octanol–water partition coefficient (Wildman–Crippen LogP) is 1.87.